The van der Waals surface area contributed by atoms with Crippen molar-refractivity contribution in [3.63, 3.8) is 0 Å². The Balaban J connectivity index is 2.34. The van der Waals surface area contributed by atoms with E-state index in [1.54, 1.807) is 12.1 Å². The van der Waals surface area contributed by atoms with Gasteiger partial charge in [0.15, 0.2) is 0 Å². The highest BCUT2D eigenvalue weighted by Crippen LogP contribution is 2.31. The van der Waals surface area contributed by atoms with Gasteiger partial charge in [0.1, 0.15) is 0 Å². The molecular weight excluding hydrogens is 261 g/mol. The van der Waals surface area contributed by atoms with E-state index in [1.165, 1.54) is 44.2 Å². The molecule has 0 saturated carbocycles. The van der Waals surface area contributed by atoms with Crippen LogP contribution in [0.25, 0.3) is 0 Å². The molecule has 1 aromatic carbocycles. The zero-order valence-electron chi connectivity index (χ0n) is 12.5. The third-order valence-corrected chi connectivity index (χ3v) is 3.80. The summed E-state index contributed by atoms with van der Waals surface area (Å²) in [7, 11) is 0. The van der Waals surface area contributed by atoms with Gasteiger partial charge in [-0.25, -0.2) is 0 Å². The maximum absolute atomic E-state index is 12.5. The molecule has 0 aromatic heterocycles. The first-order valence-electron chi connectivity index (χ1n) is 7.62. The molecule has 114 valence electrons. The van der Waals surface area contributed by atoms with Crippen LogP contribution in [-0.2, 0) is 6.18 Å². The minimum atomic E-state index is -4.24. The molecule has 1 rings (SSSR count). The second-order valence-electron chi connectivity index (χ2n) is 5.58. The summed E-state index contributed by atoms with van der Waals surface area (Å²) in [6.45, 7) is 4.29. The van der Waals surface area contributed by atoms with Crippen LogP contribution in [0.5, 0.6) is 0 Å². The molecular formula is C17H25F3. The smallest absolute Gasteiger partial charge is 0.166 e. The number of hydrogen-bond donors (Lipinski definition) is 0. The van der Waals surface area contributed by atoms with Crippen molar-refractivity contribution in [2.45, 2.75) is 70.9 Å². The molecule has 0 aliphatic carbocycles. The zero-order chi connectivity index (χ0) is 15.0. The monoisotopic (exact) mass is 286 g/mol. The summed E-state index contributed by atoms with van der Waals surface area (Å²) in [5.74, 6) is 0.337. The van der Waals surface area contributed by atoms with Crippen LogP contribution in [0.1, 0.15) is 75.8 Å². The summed E-state index contributed by atoms with van der Waals surface area (Å²) < 4.78 is 37.4. The maximum Gasteiger partial charge on any atom is 0.416 e. The molecule has 0 nitrogen and oxygen atoms in total. The number of benzene rings is 1. The van der Waals surface area contributed by atoms with Gasteiger partial charge in [-0.3, -0.25) is 0 Å². The van der Waals surface area contributed by atoms with E-state index in [-0.39, 0.29) is 0 Å². The lowest BCUT2D eigenvalue weighted by atomic mass is 9.94. The summed E-state index contributed by atoms with van der Waals surface area (Å²) in [5, 5.41) is 0. The predicted octanol–water partition coefficient (Wildman–Crippen LogP) is 6.56. The van der Waals surface area contributed by atoms with E-state index in [0.717, 1.165) is 18.4 Å². The van der Waals surface area contributed by atoms with Gasteiger partial charge in [-0.05, 0) is 30.0 Å². The first-order chi connectivity index (χ1) is 9.45. The van der Waals surface area contributed by atoms with Crippen LogP contribution in [0, 0.1) is 0 Å². The molecule has 0 N–H and O–H groups in total. The molecule has 1 unspecified atom stereocenters. The second-order valence-corrected chi connectivity index (χ2v) is 5.58. The van der Waals surface area contributed by atoms with Crippen molar-refractivity contribution in [2.24, 2.45) is 0 Å². The van der Waals surface area contributed by atoms with Gasteiger partial charge in [0.25, 0.3) is 0 Å². The first kappa shape index (κ1) is 17.1. The van der Waals surface area contributed by atoms with E-state index in [0.29, 0.717) is 5.92 Å². The standard InChI is InChI=1S/C17H25F3/c1-3-4-5-6-7-8-9-14(2)15-10-12-16(13-11-15)17(18,19)20/h10-14H,3-9H2,1-2H3. The number of hydrogen-bond acceptors (Lipinski definition) is 0. The summed E-state index contributed by atoms with van der Waals surface area (Å²) in [5.41, 5.74) is 0.444. The lowest BCUT2D eigenvalue weighted by molar-refractivity contribution is -0.137. The quantitative estimate of drug-likeness (QED) is 0.475. The largest absolute Gasteiger partial charge is 0.416 e. The summed E-state index contributed by atoms with van der Waals surface area (Å²) in [4.78, 5) is 0. The fourth-order valence-electron chi connectivity index (χ4n) is 2.40. The second kappa shape index (κ2) is 8.33. The van der Waals surface area contributed by atoms with Crippen LogP contribution in [0.4, 0.5) is 13.2 Å². The van der Waals surface area contributed by atoms with Crippen LogP contribution in [0.3, 0.4) is 0 Å². The van der Waals surface area contributed by atoms with Gasteiger partial charge in [0.05, 0.1) is 5.56 Å². The predicted molar refractivity (Wildman–Crippen MR) is 77.9 cm³/mol. The fourth-order valence-corrected chi connectivity index (χ4v) is 2.40. The van der Waals surface area contributed by atoms with Crippen molar-refractivity contribution in [3.8, 4) is 0 Å². The fraction of sp³-hybridized carbons (Fsp3) is 0.647. The maximum atomic E-state index is 12.5. The molecule has 0 amide bonds. The Hall–Kier alpha value is -0.990. The Morgan fingerprint density at radius 3 is 2.00 bits per heavy atom. The highest BCUT2D eigenvalue weighted by Gasteiger charge is 2.30. The van der Waals surface area contributed by atoms with Crippen LogP contribution in [0.15, 0.2) is 24.3 Å². The minimum Gasteiger partial charge on any atom is -0.166 e. The summed E-state index contributed by atoms with van der Waals surface area (Å²) >= 11 is 0. The van der Waals surface area contributed by atoms with Gasteiger partial charge in [0.2, 0.25) is 0 Å². The first-order valence-corrected chi connectivity index (χ1v) is 7.62. The van der Waals surface area contributed by atoms with Gasteiger partial charge in [-0.2, -0.15) is 13.2 Å². The average Bonchev–Trinajstić information content (AvgIpc) is 2.41. The lowest BCUT2D eigenvalue weighted by Crippen LogP contribution is -2.05. The molecule has 0 saturated heterocycles. The molecule has 0 aliphatic rings. The van der Waals surface area contributed by atoms with Crippen LogP contribution >= 0.6 is 0 Å². The van der Waals surface area contributed by atoms with Gasteiger partial charge in [-0.15, -0.1) is 0 Å². The lowest BCUT2D eigenvalue weighted by Gasteiger charge is -2.13. The molecule has 0 spiro atoms. The number of halogens is 3. The number of unbranched alkanes of at least 4 members (excludes halogenated alkanes) is 5. The Morgan fingerprint density at radius 1 is 0.900 bits per heavy atom. The van der Waals surface area contributed by atoms with E-state index >= 15 is 0 Å². The zero-order valence-corrected chi connectivity index (χ0v) is 12.5. The molecule has 0 aliphatic heterocycles. The highest BCUT2D eigenvalue weighted by molar-refractivity contribution is 5.26. The van der Waals surface area contributed by atoms with Crippen molar-refractivity contribution in [3.05, 3.63) is 35.4 Å². The van der Waals surface area contributed by atoms with Crippen LogP contribution < -0.4 is 0 Å². The van der Waals surface area contributed by atoms with Crippen molar-refractivity contribution in [1.82, 2.24) is 0 Å². The van der Waals surface area contributed by atoms with Gasteiger partial charge < -0.3 is 0 Å². The average molecular weight is 286 g/mol. The van der Waals surface area contributed by atoms with Crippen LogP contribution in [0.2, 0.25) is 0 Å². The Labute approximate surface area is 120 Å². The van der Waals surface area contributed by atoms with Gasteiger partial charge in [0, 0.05) is 0 Å². The molecule has 1 atom stereocenters. The number of rotatable bonds is 8. The summed E-state index contributed by atoms with van der Waals surface area (Å²) in [6.07, 6.45) is 4.32. The van der Waals surface area contributed by atoms with Gasteiger partial charge in [-0.1, -0.05) is 64.5 Å². The van der Waals surface area contributed by atoms with E-state index in [2.05, 4.69) is 13.8 Å². The van der Waals surface area contributed by atoms with Gasteiger partial charge >= 0.3 is 6.18 Å². The van der Waals surface area contributed by atoms with E-state index in [4.69, 9.17) is 0 Å². The van der Waals surface area contributed by atoms with E-state index in [1.807, 2.05) is 0 Å². The van der Waals surface area contributed by atoms with Crippen LogP contribution in [-0.4, -0.2) is 0 Å². The molecule has 0 heterocycles. The van der Waals surface area contributed by atoms with Crippen molar-refractivity contribution in [2.75, 3.05) is 0 Å². The van der Waals surface area contributed by atoms with E-state index in [9.17, 15) is 13.2 Å². The Bertz CT molecular complexity index is 365. The molecule has 20 heavy (non-hydrogen) atoms. The van der Waals surface area contributed by atoms with Crippen molar-refractivity contribution < 1.29 is 13.2 Å². The SMILES string of the molecule is CCCCCCCCC(C)c1ccc(C(F)(F)F)cc1. The molecule has 0 fully saturated rings. The molecule has 0 radical (unpaired) electrons. The molecule has 1 aromatic rings. The Morgan fingerprint density at radius 2 is 1.45 bits per heavy atom. The topological polar surface area (TPSA) is 0 Å². The third-order valence-electron chi connectivity index (χ3n) is 3.80. The minimum absolute atomic E-state index is 0.337. The third kappa shape index (κ3) is 5.98. The van der Waals surface area contributed by atoms with E-state index < -0.39 is 11.7 Å². The van der Waals surface area contributed by atoms with Crippen molar-refractivity contribution >= 4 is 0 Å². The van der Waals surface area contributed by atoms with Crippen molar-refractivity contribution in [1.29, 1.82) is 0 Å². The normalized spacial score (nSPS) is 13.4. The summed E-state index contributed by atoms with van der Waals surface area (Å²) in [6, 6.07) is 5.61. The number of alkyl halides is 3. The molecule has 3 heteroatoms. The highest BCUT2D eigenvalue weighted by atomic mass is 19.4. The molecule has 0 bridgehead atoms. The Kier molecular flexibility index (Phi) is 7.11.